The molecule has 3 rings (SSSR count). The maximum absolute atomic E-state index is 11.0. The van der Waals surface area contributed by atoms with E-state index >= 15 is 0 Å². The Morgan fingerprint density at radius 2 is 2.10 bits per heavy atom. The van der Waals surface area contributed by atoms with Crippen LogP contribution >= 0.6 is 11.6 Å². The van der Waals surface area contributed by atoms with Crippen molar-refractivity contribution in [1.82, 2.24) is 10.1 Å². The lowest BCUT2D eigenvalue weighted by Gasteiger charge is -2.20. The number of benzene rings is 1. The molecule has 1 fully saturated rings. The van der Waals surface area contributed by atoms with E-state index in [4.69, 9.17) is 21.2 Å². The number of carboxylic acids is 1. The first-order valence-corrected chi connectivity index (χ1v) is 7.04. The first kappa shape index (κ1) is 13.9. The van der Waals surface area contributed by atoms with Gasteiger partial charge in [0.2, 0.25) is 5.89 Å². The van der Waals surface area contributed by atoms with Gasteiger partial charge in [0.05, 0.1) is 6.54 Å². The number of nitrogens with zero attached hydrogens (tertiary/aromatic N) is 3. The van der Waals surface area contributed by atoms with Crippen molar-refractivity contribution in [3.8, 4) is 0 Å². The van der Waals surface area contributed by atoms with Gasteiger partial charge in [-0.1, -0.05) is 16.8 Å². The van der Waals surface area contributed by atoms with E-state index in [1.807, 2.05) is 0 Å². The molecule has 0 radical (unpaired) electrons. The first-order chi connectivity index (χ1) is 10.1. The molecule has 6 nitrogen and oxygen atoms in total. The molecule has 1 aromatic carbocycles. The number of hydrogen-bond acceptors (Lipinski definition) is 5. The molecule has 2 aromatic rings. The molecule has 1 aromatic heterocycles. The number of hydrogen-bond donors (Lipinski definition) is 1. The normalized spacial score (nSPS) is 14.1. The van der Waals surface area contributed by atoms with Gasteiger partial charge in [-0.05, 0) is 37.1 Å². The number of carboxylic acid groups (broad SMARTS) is 1. The predicted molar refractivity (Wildman–Crippen MR) is 76.4 cm³/mol. The van der Waals surface area contributed by atoms with E-state index in [1.165, 1.54) is 0 Å². The highest BCUT2D eigenvalue weighted by Gasteiger charge is 2.29. The third kappa shape index (κ3) is 3.52. The number of aromatic nitrogens is 2. The molecule has 0 amide bonds. The van der Waals surface area contributed by atoms with Crippen LogP contribution in [0, 0.1) is 0 Å². The van der Waals surface area contributed by atoms with Gasteiger partial charge in [0.25, 0.3) is 0 Å². The fourth-order valence-corrected chi connectivity index (χ4v) is 2.18. The Morgan fingerprint density at radius 3 is 2.71 bits per heavy atom. The van der Waals surface area contributed by atoms with Crippen LogP contribution in [0.3, 0.4) is 0 Å². The molecule has 1 heterocycles. The van der Waals surface area contributed by atoms with E-state index in [1.54, 1.807) is 29.2 Å². The molecule has 0 bridgehead atoms. The van der Waals surface area contributed by atoms with Crippen LogP contribution in [-0.4, -0.2) is 27.8 Å². The quantitative estimate of drug-likeness (QED) is 0.884. The maximum Gasteiger partial charge on any atom is 0.323 e. The summed E-state index contributed by atoms with van der Waals surface area (Å²) in [6, 6.07) is 6.97. The van der Waals surface area contributed by atoms with Gasteiger partial charge in [0.1, 0.15) is 6.54 Å². The molecule has 1 aliphatic rings. The van der Waals surface area contributed by atoms with Gasteiger partial charge in [-0.3, -0.25) is 4.79 Å². The van der Waals surface area contributed by atoms with Crippen molar-refractivity contribution >= 4 is 23.3 Å². The van der Waals surface area contributed by atoms with E-state index in [0.717, 1.165) is 24.4 Å². The number of anilines is 1. The van der Waals surface area contributed by atoms with Crippen LogP contribution in [-0.2, 0) is 11.3 Å². The topological polar surface area (TPSA) is 79.5 Å². The SMILES string of the molecule is O=C(O)CN(Cc1nc(C2CC2)no1)c1ccc(Cl)cc1. The molecule has 0 saturated heterocycles. The van der Waals surface area contributed by atoms with Crippen molar-refractivity contribution in [2.75, 3.05) is 11.4 Å². The van der Waals surface area contributed by atoms with Gasteiger partial charge in [0.15, 0.2) is 5.82 Å². The van der Waals surface area contributed by atoms with Crippen LogP contribution in [0.25, 0.3) is 0 Å². The van der Waals surface area contributed by atoms with Crippen molar-refractivity contribution in [2.24, 2.45) is 0 Å². The average molecular weight is 308 g/mol. The molecule has 1 aliphatic carbocycles. The minimum atomic E-state index is -0.924. The summed E-state index contributed by atoms with van der Waals surface area (Å²) < 4.78 is 5.20. The fourth-order valence-electron chi connectivity index (χ4n) is 2.06. The lowest BCUT2D eigenvalue weighted by molar-refractivity contribution is -0.135. The van der Waals surface area contributed by atoms with Crippen molar-refractivity contribution in [3.63, 3.8) is 0 Å². The van der Waals surface area contributed by atoms with E-state index < -0.39 is 5.97 Å². The van der Waals surface area contributed by atoms with Gasteiger partial charge in [-0.2, -0.15) is 4.98 Å². The highest BCUT2D eigenvalue weighted by molar-refractivity contribution is 6.30. The molecular weight excluding hydrogens is 294 g/mol. The Kier molecular flexibility index (Phi) is 3.79. The van der Waals surface area contributed by atoms with E-state index in [0.29, 0.717) is 16.8 Å². The molecule has 0 aliphatic heterocycles. The molecule has 0 unspecified atom stereocenters. The summed E-state index contributed by atoms with van der Waals surface area (Å²) >= 11 is 5.85. The Balaban J connectivity index is 1.77. The molecule has 0 spiro atoms. The lowest BCUT2D eigenvalue weighted by atomic mass is 10.3. The Hall–Kier alpha value is -2.08. The molecule has 7 heteroatoms. The number of carbonyl (C=O) groups is 1. The molecule has 1 saturated carbocycles. The molecule has 0 atom stereocenters. The summed E-state index contributed by atoms with van der Waals surface area (Å²) in [5, 5.41) is 13.6. The summed E-state index contributed by atoms with van der Waals surface area (Å²) in [4.78, 5) is 17.0. The Bertz CT molecular complexity index is 637. The minimum Gasteiger partial charge on any atom is -0.480 e. The summed E-state index contributed by atoms with van der Waals surface area (Å²) in [6.45, 7) is 0.108. The van der Waals surface area contributed by atoms with Crippen LogP contribution in [0.4, 0.5) is 5.69 Å². The number of rotatable bonds is 6. The van der Waals surface area contributed by atoms with E-state index in [9.17, 15) is 4.79 Å². The first-order valence-electron chi connectivity index (χ1n) is 6.66. The zero-order chi connectivity index (χ0) is 14.8. The summed E-state index contributed by atoms with van der Waals surface area (Å²) in [5.41, 5.74) is 0.743. The smallest absolute Gasteiger partial charge is 0.323 e. The maximum atomic E-state index is 11.0. The van der Waals surface area contributed by atoms with Gasteiger partial charge in [0, 0.05) is 16.6 Å². The minimum absolute atomic E-state index is 0.150. The highest BCUT2D eigenvalue weighted by atomic mass is 35.5. The lowest BCUT2D eigenvalue weighted by Crippen LogP contribution is -2.29. The largest absolute Gasteiger partial charge is 0.480 e. The zero-order valence-corrected chi connectivity index (χ0v) is 12.0. The molecule has 110 valence electrons. The van der Waals surface area contributed by atoms with Gasteiger partial charge in [-0.15, -0.1) is 0 Å². The summed E-state index contributed by atoms with van der Waals surface area (Å²) in [6.07, 6.45) is 2.18. The number of halogens is 1. The zero-order valence-electron chi connectivity index (χ0n) is 11.2. The summed E-state index contributed by atoms with van der Waals surface area (Å²) in [5.74, 6) is 0.627. The van der Waals surface area contributed by atoms with Gasteiger partial charge >= 0.3 is 5.97 Å². The second-order valence-corrected chi connectivity index (χ2v) is 5.48. The van der Waals surface area contributed by atoms with Crippen molar-refractivity contribution in [3.05, 3.63) is 41.0 Å². The Morgan fingerprint density at radius 1 is 1.38 bits per heavy atom. The van der Waals surface area contributed by atoms with Gasteiger partial charge < -0.3 is 14.5 Å². The second kappa shape index (κ2) is 5.73. The number of aliphatic carboxylic acids is 1. The molecule has 1 N–H and O–H groups in total. The van der Waals surface area contributed by atoms with Crippen molar-refractivity contribution in [2.45, 2.75) is 25.3 Å². The van der Waals surface area contributed by atoms with E-state index in [-0.39, 0.29) is 13.1 Å². The van der Waals surface area contributed by atoms with Crippen LogP contribution in [0.2, 0.25) is 5.02 Å². The fraction of sp³-hybridized carbons (Fsp3) is 0.357. The average Bonchev–Trinajstić information content (AvgIpc) is 3.19. The van der Waals surface area contributed by atoms with Gasteiger partial charge in [-0.25, -0.2) is 0 Å². The molecule has 21 heavy (non-hydrogen) atoms. The standard InChI is InChI=1S/C14H14ClN3O3/c15-10-3-5-11(6-4-10)18(8-13(19)20)7-12-16-14(17-21-12)9-1-2-9/h3-6,9H,1-2,7-8H2,(H,19,20). The predicted octanol–water partition coefficient (Wildman–Crippen LogP) is 2.69. The van der Waals surface area contributed by atoms with E-state index in [2.05, 4.69) is 10.1 Å². The second-order valence-electron chi connectivity index (χ2n) is 5.05. The Labute approximate surface area is 126 Å². The van der Waals surface area contributed by atoms with Crippen LogP contribution in [0.1, 0.15) is 30.5 Å². The third-order valence-corrected chi connectivity index (χ3v) is 3.52. The molecular formula is C14H14ClN3O3. The van der Waals surface area contributed by atoms with Crippen LogP contribution in [0.5, 0.6) is 0 Å². The third-order valence-electron chi connectivity index (χ3n) is 3.27. The van der Waals surface area contributed by atoms with Crippen molar-refractivity contribution in [1.29, 1.82) is 0 Å². The van der Waals surface area contributed by atoms with Crippen LogP contribution in [0.15, 0.2) is 28.8 Å². The summed E-state index contributed by atoms with van der Waals surface area (Å²) in [7, 11) is 0. The van der Waals surface area contributed by atoms with Crippen molar-refractivity contribution < 1.29 is 14.4 Å². The van der Waals surface area contributed by atoms with Crippen LogP contribution < -0.4 is 4.90 Å². The monoisotopic (exact) mass is 307 g/mol. The highest BCUT2D eigenvalue weighted by Crippen LogP contribution is 2.38.